The summed E-state index contributed by atoms with van der Waals surface area (Å²) in [5.41, 5.74) is 7.60. The van der Waals surface area contributed by atoms with Crippen molar-refractivity contribution >= 4 is 0 Å². The van der Waals surface area contributed by atoms with Crippen molar-refractivity contribution in [1.82, 2.24) is 4.90 Å². The first kappa shape index (κ1) is 16.5. The fourth-order valence-corrected chi connectivity index (χ4v) is 3.34. The Kier molecular flexibility index (Phi) is 6.22. The van der Waals surface area contributed by atoms with Gasteiger partial charge in [-0.25, -0.2) is 0 Å². The highest BCUT2D eigenvalue weighted by molar-refractivity contribution is 5.15. The Morgan fingerprint density at radius 1 is 1.24 bits per heavy atom. The zero-order chi connectivity index (χ0) is 15.1. The minimum absolute atomic E-state index is 0.0910. The monoisotopic (exact) mass is 290 g/mol. The van der Waals surface area contributed by atoms with Gasteiger partial charge in [0.1, 0.15) is 0 Å². The van der Waals surface area contributed by atoms with Crippen LogP contribution < -0.4 is 5.73 Å². The highest BCUT2D eigenvalue weighted by Crippen LogP contribution is 2.28. The number of nitrogens with zero attached hydrogens (tertiary/aromatic N) is 1. The molecule has 2 rings (SSSR count). The molecule has 1 aromatic rings. The van der Waals surface area contributed by atoms with Gasteiger partial charge in [0.05, 0.1) is 0 Å². The summed E-state index contributed by atoms with van der Waals surface area (Å²) in [6, 6.07) is 10.9. The van der Waals surface area contributed by atoms with Gasteiger partial charge in [-0.2, -0.15) is 0 Å². The van der Waals surface area contributed by atoms with Crippen molar-refractivity contribution in [2.75, 3.05) is 33.4 Å². The van der Waals surface area contributed by atoms with E-state index < -0.39 is 0 Å². The molecule has 1 saturated heterocycles. The van der Waals surface area contributed by atoms with Crippen molar-refractivity contribution in [3.63, 3.8) is 0 Å². The highest BCUT2D eigenvalue weighted by atomic mass is 16.5. The number of likely N-dealkylation sites (tertiary alicyclic amines) is 1. The summed E-state index contributed by atoms with van der Waals surface area (Å²) in [5.74, 6) is 0.813. The maximum Gasteiger partial charge on any atom is 0.0480 e. The van der Waals surface area contributed by atoms with E-state index in [0.29, 0.717) is 6.54 Å². The van der Waals surface area contributed by atoms with Crippen LogP contribution in [-0.2, 0) is 11.2 Å². The van der Waals surface area contributed by atoms with Gasteiger partial charge in [0.15, 0.2) is 0 Å². The molecule has 2 N–H and O–H groups in total. The first-order chi connectivity index (χ1) is 10.2. The minimum Gasteiger partial charge on any atom is -0.385 e. The summed E-state index contributed by atoms with van der Waals surface area (Å²) in [7, 11) is 1.77. The Morgan fingerprint density at radius 3 is 2.48 bits per heavy atom. The smallest absolute Gasteiger partial charge is 0.0480 e. The van der Waals surface area contributed by atoms with Gasteiger partial charge < -0.3 is 10.5 Å². The Hall–Kier alpha value is -0.900. The first-order valence-corrected chi connectivity index (χ1v) is 8.16. The topological polar surface area (TPSA) is 38.5 Å². The summed E-state index contributed by atoms with van der Waals surface area (Å²) < 4.78 is 5.25. The lowest BCUT2D eigenvalue weighted by Crippen LogP contribution is -2.55. The Balaban J connectivity index is 1.84. The normalized spacial score (nSPS) is 20.3. The zero-order valence-corrected chi connectivity index (χ0v) is 13.6. The second-order valence-corrected chi connectivity index (χ2v) is 6.56. The molecule has 118 valence electrons. The molecule has 0 saturated carbocycles. The number of ether oxygens (including phenoxy) is 1. The molecule has 0 bridgehead atoms. The van der Waals surface area contributed by atoms with Crippen molar-refractivity contribution in [2.45, 2.75) is 38.1 Å². The number of hydrogen-bond acceptors (Lipinski definition) is 3. The van der Waals surface area contributed by atoms with Crippen molar-refractivity contribution in [3.05, 3.63) is 35.9 Å². The van der Waals surface area contributed by atoms with Gasteiger partial charge in [-0.05, 0) is 57.2 Å². The molecule has 1 unspecified atom stereocenters. The molecule has 0 radical (unpaired) electrons. The van der Waals surface area contributed by atoms with Gasteiger partial charge in [-0.1, -0.05) is 30.3 Å². The van der Waals surface area contributed by atoms with E-state index in [4.69, 9.17) is 10.5 Å². The third kappa shape index (κ3) is 4.53. The second kappa shape index (κ2) is 7.92. The van der Waals surface area contributed by atoms with E-state index in [1.807, 2.05) is 0 Å². The SMILES string of the molecule is COCCC(C)(CN)N1CCC(Cc2ccccc2)CC1. The molecule has 3 nitrogen and oxygen atoms in total. The number of nitrogens with two attached hydrogens (primary N) is 1. The van der Waals surface area contributed by atoms with Crippen LogP contribution in [0.25, 0.3) is 0 Å². The average Bonchev–Trinajstić information content (AvgIpc) is 2.54. The molecular formula is C18H30N2O. The summed E-state index contributed by atoms with van der Waals surface area (Å²) in [4.78, 5) is 2.58. The molecule has 1 aromatic carbocycles. The van der Waals surface area contributed by atoms with Crippen LogP contribution >= 0.6 is 0 Å². The molecule has 1 aliphatic rings. The van der Waals surface area contributed by atoms with Gasteiger partial charge in [0.2, 0.25) is 0 Å². The number of piperidine rings is 1. The summed E-state index contributed by atoms with van der Waals surface area (Å²) in [5, 5.41) is 0. The van der Waals surface area contributed by atoms with E-state index in [1.54, 1.807) is 7.11 Å². The summed E-state index contributed by atoms with van der Waals surface area (Å²) in [6.45, 7) is 6.10. The lowest BCUT2D eigenvalue weighted by atomic mass is 9.86. The predicted molar refractivity (Wildman–Crippen MR) is 88.4 cm³/mol. The van der Waals surface area contributed by atoms with Crippen LogP contribution in [0.3, 0.4) is 0 Å². The largest absolute Gasteiger partial charge is 0.385 e. The first-order valence-electron chi connectivity index (χ1n) is 8.16. The molecule has 0 aliphatic carbocycles. The fourth-order valence-electron chi connectivity index (χ4n) is 3.34. The van der Waals surface area contributed by atoms with Gasteiger partial charge in [0, 0.05) is 25.8 Å². The third-order valence-electron chi connectivity index (χ3n) is 5.03. The second-order valence-electron chi connectivity index (χ2n) is 6.56. The molecule has 1 atom stereocenters. The Labute approximate surface area is 129 Å². The van der Waals surface area contributed by atoms with E-state index in [2.05, 4.69) is 42.2 Å². The van der Waals surface area contributed by atoms with Crippen LogP contribution in [0.15, 0.2) is 30.3 Å². The van der Waals surface area contributed by atoms with E-state index in [-0.39, 0.29) is 5.54 Å². The standard InChI is InChI=1S/C18H30N2O/c1-18(15-19,10-13-21-2)20-11-8-17(9-12-20)14-16-6-4-3-5-7-16/h3-7,17H,8-15,19H2,1-2H3. The number of benzene rings is 1. The summed E-state index contributed by atoms with van der Waals surface area (Å²) in [6.07, 6.45) is 4.78. The van der Waals surface area contributed by atoms with E-state index in [0.717, 1.165) is 32.0 Å². The molecule has 1 heterocycles. The highest BCUT2D eigenvalue weighted by Gasteiger charge is 2.33. The van der Waals surface area contributed by atoms with Gasteiger partial charge in [0.25, 0.3) is 0 Å². The molecule has 0 spiro atoms. The van der Waals surface area contributed by atoms with Crippen molar-refractivity contribution in [1.29, 1.82) is 0 Å². The van der Waals surface area contributed by atoms with Gasteiger partial charge >= 0.3 is 0 Å². The van der Waals surface area contributed by atoms with Crippen LogP contribution in [0.4, 0.5) is 0 Å². The fraction of sp³-hybridized carbons (Fsp3) is 0.667. The van der Waals surface area contributed by atoms with Gasteiger partial charge in [-0.15, -0.1) is 0 Å². The van der Waals surface area contributed by atoms with Crippen molar-refractivity contribution < 1.29 is 4.74 Å². The average molecular weight is 290 g/mol. The Morgan fingerprint density at radius 2 is 1.90 bits per heavy atom. The van der Waals surface area contributed by atoms with Crippen LogP contribution in [0.2, 0.25) is 0 Å². The lowest BCUT2D eigenvalue weighted by Gasteiger charge is -2.44. The van der Waals surface area contributed by atoms with Crippen LogP contribution in [-0.4, -0.2) is 43.8 Å². The van der Waals surface area contributed by atoms with Crippen molar-refractivity contribution in [2.24, 2.45) is 11.7 Å². The summed E-state index contributed by atoms with van der Waals surface area (Å²) >= 11 is 0. The molecule has 3 heteroatoms. The number of methoxy groups -OCH3 is 1. The molecule has 1 aliphatic heterocycles. The van der Waals surface area contributed by atoms with Crippen LogP contribution in [0.5, 0.6) is 0 Å². The molecular weight excluding hydrogens is 260 g/mol. The molecule has 0 amide bonds. The number of rotatable bonds is 7. The Bertz CT molecular complexity index is 401. The number of hydrogen-bond donors (Lipinski definition) is 1. The van der Waals surface area contributed by atoms with Crippen LogP contribution in [0, 0.1) is 5.92 Å². The van der Waals surface area contributed by atoms with Gasteiger partial charge in [-0.3, -0.25) is 4.90 Å². The quantitative estimate of drug-likeness (QED) is 0.839. The zero-order valence-electron chi connectivity index (χ0n) is 13.6. The predicted octanol–water partition coefficient (Wildman–Crippen LogP) is 2.70. The van der Waals surface area contributed by atoms with E-state index >= 15 is 0 Å². The third-order valence-corrected chi connectivity index (χ3v) is 5.03. The minimum atomic E-state index is 0.0910. The maximum atomic E-state index is 6.04. The molecule has 1 fully saturated rings. The molecule has 0 aromatic heterocycles. The van der Waals surface area contributed by atoms with Crippen LogP contribution in [0.1, 0.15) is 31.7 Å². The van der Waals surface area contributed by atoms with Crippen molar-refractivity contribution in [3.8, 4) is 0 Å². The maximum absolute atomic E-state index is 6.04. The van der Waals surface area contributed by atoms with E-state index in [9.17, 15) is 0 Å². The van der Waals surface area contributed by atoms with E-state index in [1.165, 1.54) is 24.8 Å². The lowest BCUT2D eigenvalue weighted by molar-refractivity contribution is 0.0403. The molecule has 21 heavy (non-hydrogen) atoms.